The minimum atomic E-state index is -1.31. The first-order valence-electron chi connectivity index (χ1n) is 6.60. The number of carboxylic acids is 1. The fourth-order valence-electron chi connectivity index (χ4n) is 1.97. The van der Waals surface area contributed by atoms with Gasteiger partial charge in [-0.2, -0.15) is 0 Å². The van der Waals surface area contributed by atoms with E-state index in [9.17, 15) is 23.5 Å². The van der Waals surface area contributed by atoms with E-state index in [1.807, 2.05) is 0 Å². The topological polar surface area (TPSA) is 66.4 Å². The summed E-state index contributed by atoms with van der Waals surface area (Å²) in [5.41, 5.74) is 0.146. The van der Waals surface area contributed by atoms with Crippen LogP contribution in [-0.4, -0.2) is 23.0 Å². The lowest BCUT2D eigenvalue weighted by atomic mass is 10.1. The van der Waals surface area contributed by atoms with Gasteiger partial charge in [0, 0.05) is 10.9 Å². The molecular weight excluding hydrogens is 372 g/mol. The lowest BCUT2D eigenvalue weighted by Gasteiger charge is -2.15. The Balaban J connectivity index is 2.16. The number of hydrogen-bond donors (Lipinski definition) is 2. The van der Waals surface area contributed by atoms with Crippen molar-refractivity contribution < 1.29 is 23.5 Å². The van der Waals surface area contributed by atoms with Gasteiger partial charge >= 0.3 is 5.97 Å². The Morgan fingerprint density at radius 2 is 1.78 bits per heavy atom. The molecule has 2 N–H and O–H groups in total. The summed E-state index contributed by atoms with van der Waals surface area (Å²) >= 11 is 3.26. The van der Waals surface area contributed by atoms with E-state index < -0.39 is 35.1 Å². The monoisotopic (exact) mass is 383 g/mol. The Morgan fingerprint density at radius 1 is 1.13 bits per heavy atom. The van der Waals surface area contributed by atoms with Crippen LogP contribution in [0.4, 0.5) is 8.78 Å². The molecule has 0 aliphatic rings. The predicted octanol–water partition coefficient (Wildman–Crippen LogP) is 3.15. The molecule has 2 aromatic rings. The van der Waals surface area contributed by atoms with Gasteiger partial charge in [-0.15, -0.1) is 0 Å². The van der Waals surface area contributed by atoms with Crippen LogP contribution >= 0.6 is 15.9 Å². The first-order chi connectivity index (χ1) is 10.9. The molecule has 2 rings (SSSR count). The van der Waals surface area contributed by atoms with Crippen LogP contribution in [0.2, 0.25) is 0 Å². The summed E-state index contributed by atoms with van der Waals surface area (Å²) in [6.45, 7) is 0. The van der Waals surface area contributed by atoms with Crippen LogP contribution in [0, 0.1) is 11.6 Å². The molecule has 1 atom stereocenters. The molecule has 0 spiro atoms. The Kier molecular flexibility index (Phi) is 5.44. The van der Waals surface area contributed by atoms with E-state index in [4.69, 9.17) is 0 Å². The van der Waals surface area contributed by atoms with Gasteiger partial charge in [-0.25, -0.2) is 13.6 Å². The fourth-order valence-corrected chi connectivity index (χ4v) is 2.24. The standard InChI is InChI=1S/C16H12BrF2NO3/c17-10-6-4-9(5-7-10)8-13(16(22)23)20-15(21)11-2-1-3-12(18)14(11)19/h1-7,13H,8H2,(H,20,21)(H,22,23)/t13-/m0/s1. The fraction of sp³-hybridized carbons (Fsp3) is 0.125. The zero-order valence-corrected chi connectivity index (χ0v) is 13.3. The van der Waals surface area contributed by atoms with E-state index in [1.165, 1.54) is 6.07 Å². The van der Waals surface area contributed by atoms with Gasteiger partial charge < -0.3 is 10.4 Å². The summed E-state index contributed by atoms with van der Waals surface area (Å²) in [5, 5.41) is 11.4. The van der Waals surface area contributed by atoms with Gasteiger partial charge in [-0.1, -0.05) is 34.1 Å². The number of hydrogen-bond acceptors (Lipinski definition) is 2. The van der Waals surface area contributed by atoms with Crippen molar-refractivity contribution in [2.75, 3.05) is 0 Å². The Morgan fingerprint density at radius 3 is 2.39 bits per heavy atom. The first-order valence-corrected chi connectivity index (χ1v) is 7.40. The Bertz CT molecular complexity index is 735. The molecule has 23 heavy (non-hydrogen) atoms. The number of carbonyl (C=O) groups is 2. The summed E-state index contributed by atoms with van der Waals surface area (Å²) in [7, 11) is 0. The number of nitrogens with one attached hydrogen (secondary N) is 1. The van der Waals surface area contributed by atoms with Crippen LogP contribution in [0.5, 0.6) is 0 Å². The summed E-state index contributed by atoms with van der Waals surface area (Å²) in [4.78, 5) is 23.3. The van der Waals surface area contributed by atoms with Crippen LogP contribution < -0.4 is 5.32 Å². The van der Waals surface area contributed by atoms with E-state index in [1.54, 1.807) is 24.3 Å². The number of amides is 1. The largest absolute Gasteiger partial charge is 0.480 e. The minimum Gasteiger partial charge on any atom is -0.480 e. The normalized spacial score (nSPS) is 11.8. The van der Waals surface area contributed by atoms with E-state index >= 15 is 0 Å². The zero-order chi connectivity index (χ0) is 17.0. The van der Waals surface area contributed by atoms with Crippen molar-refractivity contribution in [3.63, 3.8) is 0 Å². The van der Waals surface area contributed by atoms with Crippen molar-refractivity contribution in [3.8, 4) is 0 Å². The minimum absolute atomic E-state index is 0.0191. The predicted molar refractivity (Wildman–Crippen MR) is 83.1 cm³/mol. The molecule has 0 fully saturated rings. The van der Waals surface area contributed by atoms with Crippen LogP contribution in [0.15, 0.2) is 46.9 Å². The number of benzene rings is 2. The maximum atomic E-state index is 13.6. The third-order valence-electron chi connectivity index (χ3n) is 3.15. The second-order valence-electron chi connectivity index (χ2n) is 4.80. The number of halogens is 3. The average molecular weight is 384 g/mol. The van der Waals surface area contributed by atoms with Crippen LogP contribution in [0.25, 0.3) is 0 Å². The van der Waals surface area contributed by atoms with Crippen molar-refractivity contribution in [3.05, 3.63) is 69.7 Å². The lowest BCUT2D eigenvalue weighted by molar-refractivity contribution is -0.139. The first kappa shape index (κ1) is 17.1. The van der Waals surface area contributed by atoms with E-state index in [0.717, 1.165) is 16.6 Å². The molecule has 0 unspecified atom stereocenters. The summed E-state index contributed by atoms with van der Waals surface area (Å²) in [6.07, 6.45) is 0.0191. The van der Waals surface area contributed by atoms with E-state index in [0.29, 0.717) is 5.56 Å². The zero-order valence-electron chi connectivity index (χ0n) is 11.7. The highest BCUT2D eigenvalue weighted by atomic mass is 79.9. The molecule has 0 saturated heterocycles. The van der Waals surface area contributed by atoms with Gasteiger partial charge in [0.1, 0.15) is 6.04 Å². The third kappa shape index (κ3) is 4.35. The second kappa shape index (κ2) is 7.32. The molecule has 7 heteroatoms. The van der Waals surface area contributed by atoms with Crippen LogP contribution in [0.1, 0.15) is 15.9 Å². The summed E-state index contributed by atoms with van der Waals surface area (Å²) in [6, 6.07) is 8.77. The summed E-state index contributed by atoms with van der Waals surface area (Å²) < 4.78 is 27.6. The van der Waals surface area contributed by atoms with E-state index in [-0.39, 0.29) is 6.42 Å². The molecule has 120 valence electrons. The number of rotatable bonds is 5. The van der Waals surface area contributed by atoms with Gasteiger partial charge in [0.25, 0.3) is 5.91 Å². The number of aliphatic carboxylic acids is 1. The lowest BCUT2D eigenvalue weighted by Crippen LogP contribution is -2.42. The van der Waals surface area contributed by atoms with Crippen molar-refractivity contribution in [1.29, 1.82) is 0 Å². The maximum Gasteiger partial charge on any atom is 0.326 e. The number of carboxylic acid groups (broad SMARTS) is 1. The highest BCUT2D eigenvalue weighted by Crippen LogP contribution is 2.14. The molecular formula is C16H12BrF2NO3. The smallest absolute Gasteiger partial charge is 0.326 e. The molecule has 0 bridgehead atoms. The maximum absolute atomic E-state index is 13.6. The highest BCUT2D eigenvalue weighted by Gasteiger charge is 2.23. The van der Waals surface area contributed by atoms with Gasteiger partial charge in [0.15, 0.2) is 11.6 Å². The highest BCUT2D eigenvalue weighted by molar-refractivity contribution is 9.10. The number of carbonyl (C=O) groups excluding carboxylic acids is 1. The molecule has 0 heterocycles. The molecule has 0 aliphatic carbocycles. The van der Waals surface area contributed by atoms with Crippen LogP contribution in [0.3, 0.4) is 0 Å². The molecule has 0 aliphatic heterocycles. The van der Waals surface area contributed by atoms with Crippen molar-refractivity contribution in [1.82, 2.24) is 5.32 Å². The van der Waals surface area contributed by atoms with Gasteiger partial charge in [0.05, 0.1) is 5.56 Å². The molecule has 0 radical (unpaired) electrons. The molecule has 1 amide bonds. The average Bonchev–Trinajstić information content (AvgIpc) is 2.51. The Labute approximate surface area is 139 Å². The van der Waals surface area contributed by atoms with Gasteiger partial charge in [-0.3, -0.25) is 4.79 Å². The van der Waals surface area contributed by atoms with Crippen molar-refractivity contribution in [2.24, 2.45) is 0 Å². The summed E-state index contributed by atoms with van der Waals surface area (Å²) in [5.74, 6) is -4.72. The van der Waals surface area contributed by atoms with Gasteiger partial charge in [0.2, 0.25) is 0 Å². The molecule has 2 aromatic carbocycles. The van der Waals surface area contributed by atoms with Crippen molar-refractivity contribution >= 4 is 27.8 Å². The van der Waals surface area contributed by atoms with Gasteiger partial charge in [-0.05, 0) is 29.8 Å². The Hall–Kier alpha value is -2.28. The van der Waals surface area contributed by atoms with E-state index in [2.05, 4.69) is 21.2 Å². The third-order valence-corrected chi connectivity index (χ3v) is 3.68. The second-order valence-corrected chi connectivity index (χ2v) is 5.71. The van der Waals surface area contributed by atoms with Crippen molar-refractivity contribution in [2.45, 2.75) is 12.5 Å². The molecule has 4 nitrogen and oxygen atoms in total. The molecule has 0 aromatic heterocycles. The molecule has 0 saturated carbocycles. The quantitative estimate of drug-likeness (QED) is 0.833. The SMILES string of the molecule is O=C(N[C@@H](Cc1ccc(Br)cc1)C(=O)O)c1cccc(F)c1F. The van der Waals surface area contributed by atoms with Crippen LogP contribution in [-0.2, 0) is 11.2 Å².